The molecule has 17 heteroatoms. The number of ether oxygens (including phenoxy) is 3. The van der Waals surface area contributed by atoms with Crippen LogP contribution in [-0.2, 0) is 29.1 Å². The van der Waals surface area contributed by atoms with E-state index in [9.17, 15) is 27.6 Å². The molecule has 15 nitrogen and oxygen atoms in total. The van der Waals surface area contributed by atoms with E-state index in [1.54, 1.807) is 41.7 Å². The molecule has 1 aromatic carbocycles. The lowest BCUT2D eigenvalue weighted by Crippen LogP contribution is -2.59. The van der Waals surface area contributed by atoms with Crippen LogP contribution in [0.1, 0.15) is 117 Å². The summed E-state index contributed by atoms with van der Waals surface area (Å²) >= 11 is 1.47. The number of benzene rings is 1. The molecule has 3 aromatic rings. The molecule has 2 aromatic heterocycles. The molecule has 348 valence electrons. The number of nitrogens with zero attached hydrogens (tertiary/aromatic N) is 3. The van der Waals surface area contributed by atoms with Crippen LogP contribution in [0.4, 0.5) is 4.79 Å². The fourth-order valence-electron chi connectivity index (χ4n) is 8.18. The van der Waals surface area contributed by atoms with Crippen LogP contribution in [0.2, 0.25) is 0 Å². The number of pyridine rings is 1. The Bertz CT molecular complexity index is 2410. The number of alkyl carbamates (subject to hydrolysis) is 1. The van der Waals surface area contributed by atoms with Gasteiger partial charge in [-0.25, -0.2) is 23.2 Å². The molecule has 3 aliphatic rings. The summed E-state index contributed by atoms with van der Waals surface area (Å²) in [5.74, 6) is -2.03. The maximum absolute atomic E-state index is 15.0. The molecule has 2 saturated carbocycles. The van der Waals surface area contributed by atoms with Crippen molar-refractivity contribution in [2.75, 3.05) is 13.7 Å². The number of aromatic nitrogens is 2. The van der Waals surface area contributed by atoms with Crippen molar-refractivity contribution in [2.24, 2.45) is 11.8 Å². The van der Waals surface area contributed by atoms with Gasteiger partial charge in [-0.1, -0.05) is 45.8 Å². The highest BCUT2D eigenvalue weighted by atomic mass is 32.2. The molecule has 3 N–H and O–H groups in total. The van der Waals surface area contributed by atoms with Gasteiger partial charge in [0.05, 0.1) is 29.6 Å². The average Bonchev–Trinajstić information content (AvgIpc) is 4.04. The van der Waals surface area contributed by atoms with Gasteiger partial charge < -0.3 is 29.7 Å². The van der Waals surface area contributed by atoms with Crippen molar-refractivity contribution in [3.63, 3.8) is 0 Å². The van der Waals surface area contributed by atoms with Crippen LogP contribution in [-0.4, -0.2) is 94.8 Å². The number of sulfonamides is 1. The molecule has 3 fully saturated rings. The van der Waals surface area contributed by atoms with Crippen molar-refractivity contribution in [2.45, 2.75) is 147 Å². The van der Waals surface area contributed by atoms with Crippen molar-refractivity contribution in [1.82, 2.24) is 30.2 Å². The van der Waals surface area contributed by atoms with Gasteiger partial charge in [-0.05, 0) is 91.2 Å². The zero-order valence-corrected chi connectivity index (χ0v) is 40.2. The standard InChI is InChI=1S/C47H64N6O9S2/c1-12-14-15-16-17-18-32(50-44(57)62-45(7,8)9)42(55)53-25-37(29(6)39(53)40(54)51-47(24-30(47)13-2)43(56)52-64(58,59)46(10)21-22-46)61-36-23-33(41-49-34(26-63-41)27(3)4)48-38-28(5)35(60-11)20-19-31(36)38/h12-13,19-20,23,26-27,29-30,32,37,39H,1-2,14-18,21-22,24-25H2,3-11H3,(H,50,57)(H,51,54)(H,52,56)/t29-,30+,32-,37-,39-,47+/m0/s1. The second kappa shape index (κ2) is 18.8. The van der Waals surface area contributed by atoms with Gasteiger partial charge in [0.2, 0.25) is 21.8 Å². The van der Waals surface area contributed by atoms with Crippen molar-refractivity contribution in [3.05, 3.63) is 60.1 Å². The second-order valence-corrected chi connectivity index (χ2v) is 22.0. The predicted octanol–water partition coefficient (Wildman–Crippen LogP) is 7.48. The number of unbranched alkanes of at least 4 members (excludes halogenated alkanes) is 3. The maximum Gasteiger partial charge on any atom is 0.408 e. The van der Waals surface area contributed by atoms with Crippen molar-refractivity contribution in [3.8, 4) is 22.2 Å². The van der Waals surface area contributed by atoms with Gasteiger partial charge in [0.15, 0.2) is 0 Å². The number of carbonyl (C=O) groups is 4. The van der Waals surface area contributed by atoms with Gasteiger partial charge in [0.1, 0.15) is 51.5 Å². The Balaban J connectivity index is 1.39. The SMILES string of the molecule is C=CCCCCC[C@H](NC(=O)OC(C)(C)C)C(=O)N1C[C@H](Oc2cc(-c3nc(C(C)C)cs3)nc3c(C)c(OC)ccc23)[C@H](C)[C@H]1C(=O)N[C@]1(C(=O)NS(=O)(=O)C2(C)CC2)C[C@H]1C=C. The highest BCUT2D eigenvalue weighted by Gasteiger charge is 2.63. The number of carbonyl (C=O) groups excluding carboxylic acids is 4. The number of nitrogens with one attached hydrogen (secondary N) is 3. The Morgan fingerprint density at radius 1 is 1.08 bits per heavy atom. The zero-order chi connectivity index (χ0) is 46.9. The van der Waals surface area contributed by atoms with Gasteiger partial charge in [-0.15, -0.1) is 24.5 Å². The molecule has 0 radical (unpaired) electrons. The second-order valence-electron chi connectivity index (χ2n) is 19.0. The van der Waals surface area contributed by atoms with Crippen LogP contribution in [0.25, 0.3) is 21.6 Å². The molecule has 1 aliphatic heterocycles. The molecule has 3 heterocycles. The number of rotatable bonds is 19. The van der Waals surface area contributed by atoms with Gasteiger partial charge in [-0.2, -0.15) is 0 Å². The first-order valence-corrected chi connectivity index (χ1v) is 24.5. The van der Waals surface area contributed by atoms with Gasteiger partial charge in [-0.3, -0.25) is 19.1 Å². The normalized spacial score (nSPS) is 22.9. The summed E-state index contributed by atoms with van der Waals surface area (Å²) in [4.78, 5) is 68.4. The molecule has 1 saturated heterocycles. The third-order valence-electron chi connectivity index (χ3n) is 12.6. The molecular weight excluding hydrogens is 857 g/mol. The molecule has 2 aliphatic carbocycles. The van der Waals surface area contributed by atoms with E-state index in [1.165, 1.54) is 22.3 Å². The number of hydrogen-bond donors (Lipinski definition) is 3. The van der Waals surface area contributed by atoms with E-state index in [0.29, 0.717) is 52.4 Å². The fraction of sp³-hybridized carbons (Fsp3) is 0.574. The number of methoxy groups -OCH3 is 1. The number of thiazole rings is 1. The number of fused-ring (bicyclic) bond motifs is 1. The molecule has 0 bridgehead atoms. The first kappa shape index (κ1) is 48.4. The number of allylic oxidation sites excluding steroid dienone is 1. The Kier molecular flexibility index (Phi) is 14.2. The van der Waals surface area contributed by atoms with Crippen molar-refractivity contribution >= 4 is 56.1 Å². The summed E-state index contributed by atoms with van der Waals surface area (Å²) in [6, 6.07) is 3.22. The van der Waals surface area contributed by atoms with E-state index in [4.69, 9.17) is 24.2 Å². The molecular formula is C47H64N6O9S2. The lowest BCUT2D eigenvalue weighted by Gasteiger charge is -2.31. The van der Waals surface area contributed by atoms with E-state index in [-0.39, 0.29) is 25.3 Å². The van der Waals surface area contributed by atoms with Gasteiger partial charge in [0.25, 0.3) is 5.91 Å². The summed E-state index contributed by atoms with van der Waals surface area (Å²) in [5.41, 5.74) is 0.459. The molecule has 6 atom stereocenters. The summed E-state index contributed by atoms with van der Waals surface area (Å²) in [6.07, 6.45) is 5.96. The first-order chi connectivity index (χ1) is 30.1. The Morgan fingerprint density at radius 2 is 1.80 bits per heavy atom. The highest BCUT2D eigenvalue weighted by molar-refractivity contribution is 7.91. The van der Waals surface area contributed by atoms with E-state index in [1.807, 2.05) is 36.6 Å². The summed E-state index contributed by atoms with van der Waals surface area (Å²) in [5, 5.41) is 9.04. The van der Waals surface area contributed by atoms with Crippen molar-refractivity contribution in [1.29, 1.82) is 0 Å². The van der Waals surface area contributed by atoms with E-state index in [0.717, 1.165) is 30.5 Å². The monoisotopic (exact) mass is 920 g/mol. The van der Waals surface area contributed by atoms with Crippen LogP contribution >= 0.6 is 11.3 Å². The number of likely N-dealkylation sites (tertiary alicyclic amines) is 1. The summed E-state index contributed by atoms with van der Waals surface area (Å²) in [6.45, 7) is 22.2. The largest absolute Gasteiger partial charge is 0.496 e. The molecule has 4 amide bonds. The van der Waals surface area contributed by atoms with E-state index in [2.05, 4.69) is 42.4 Å². The maximum atomic E-state index is 15.0. The molecule has 6 rings (SSSR count). The number of aryl methyl sites for hydroxylation is 1. The fourth-order valence-corrected chi connectivity index (χ4v) is 10.4. The summed E-state index contributed by atoms with van der Waals surface area (Å²) < 4.78 is 45.8. The average molecular weight is 921 g/mol. The quantitative estimate of drug-likeness (QED) is 0.0797. The number of amides is 4. The minimum atomic E-state index is -4.04. The predicted molar refractivity (Wildman–Crippen MR) is 248 cm³/mol. The van der Waals surface area contributed by atoms with Crippen LogP contribution in [0, 0.1) is 18.8 Å². The van der Waals surface area contributed by atoms with Gasteiger partial charge in [0, 0.05) is 34.2 Å². The Labute approximate surface area is 381 Å². The van der Waals surface area contributed by atoms with Crippen LogP contribution in [0.15, 0.2) is 48.9 Å². The third kappa shape index (κ3) is 10.2. The Hall–Kier alpha value is -5.03. The summed E-state index contributed by atoms with van der Waals surface area (Å²) in [7, 11) is -2.45. The van der Waals surface area contributed by atoms with Crippen LogP contribution in [0.5, 0.6) is 11.5 Å². The molecule has 0 spiro atoms. The molecule has 0 unspecified atom stereocenters. The minimum absolute atomic E-state index is 0.0685. The third-order valence-corrected chi connectivity index (χ3v) is 15.6. The van der Waals surface area contributed by atoms with E-state index >= 15 is 0 Å². The number of hydrogen-bond acceptors (Lipinski definition) is 12. The van der Waals surface area contributed by atoms with Crippen molar-refractivity contribution < 1.29 is 41.8 Å². The lowest BCUT2D eigenvalue weighted by molar-refractivity contribution is -0.142. The smallest absolute Gasteiger partial charge is 0.408 e. The van der Waals surface area contributed by atoms with Gasteiger partial charge >= 0.3 is 6.09 Å². The van der Waals surface area contributed by atoms with Crippen LogP contribution < -0.4 is 24.8 Å². The first-order valence-electron chi connectivity index (χ1n) is 22.1. The molecule has 64 heavy (non-hydrogen) atoms. The zero-order valence-electron chi connectivity index (χ0n) is 38.5. The highest BCUT2D eigenvalue weighted by Crippen LogP contribution is 2.47. The van der Waals surface area contributed by atoms with E-state index < -0.39 is 79.7 Å². The van der Waals surface area contributed by atoms with Crippen LogP contribution in [0.3, 0.4) is 0 Å². The minimum Gasteiger partial charge on any atom is -0.496 e. The Morgan fingerprint density at radius 3 is 2.39 bits per heavy atom. The lowest BCUT2D eigenvalue weighted by atomic mass is 9.98. The topological polar surface area (TPSA) is 195 Å².